The molecule has 7 nitrogen and oxygen atoms in total. The second-order valence-corrected chi connectivity index (χ2v) is 8.84. The Bertz CT molecular complexity index is 842. The van der Waals surface area contributed by atoms with Crippen molar-refractivity contribution in [2.24, 2.45) is 0 Å². The maximum atomic E-state index is 14.8. The first-order valence-electron chi connectivity index (χ1n) is 10.4. The summed E-state index contributed by atoms with van der Waals surface area (Å²) in [6.07, 6.45) is -0.0369. The van der Waals surface area contributed by atoms with Gasteiger partial charge in [0, 0.05) is 25.7 Å². The van der Waals surface area contributed by atoms with E-state index >= 15 is 0 Å². The molecule has 0 spiro atoms. The van der Waals surface area contributed by atoms with Crippen LogP contribution in [0.5, 0.6) is 0 Å². The van der Waals surface area contributed by atoms with Crippen LogP contribution in [0.25, 0.3) is 0 Å². The molecule has 0 aliphatic carbocycles. The van der Waals surface area contributed by atoms with Crippen LogP contribution in [0, 0.1) is 5.82 Å². The molecular weight excluding hydrogens is 427 g/mol. The lowest BCUT2D eigenvalue weighted by molar-refractivity contribution is -0.120. The van der Waals surface area contributed by atoms with Crippen LogP contribution in [0.15, 0.2) is 18.2 Å². The van der Waals surface area contributed by atoms with Gasteiger partial charge in [0.25, 0.3) is 5.92 Å². The maximum absolute atomic E-state index is 14.8. The fraction of sp³-hybridized carbons (Fsp3) is 0.591. The highest BCUT2D eigenvalue weighted by atomic mass is 19.3. The summed E-state index contributed by atoms with van der Waals surface area (Å²) < 4.78 is 49.6. The molecule has 1 heterocycles. The van der Waals surface area contributed by atoms with Gasteiger partial charge in [-0.3, -0.25) is 4.79 Å². The summed E-state index contributed by atoms with van der Waals surface area (Å²) in [6.45, 7) is 4.09. The lowest BCUT2D eigenvalue weighted by atomic mass is 9.86. The van der Waals surface area contributed by atoms with E-state index in [-0.39, 0.29) is 43.0 Å². The van der Waals surface area contributed by atoms with Crippen molar-refractivity contribution in [2.45, 2.75) is 63.5 Å². The van der Waals surface area contributed by atoms with Gasteiger partial charge in [-0.05, 0) is 51.3 Å². The average molecular weight is 457 g/mol. The minimum atomic E-state index is -3.34. The van der Waals surface area contributed by atoms with E-state index in [0.29, 0.717) is 6.29 Å². The third-order valence-electron chi connectivity index (χ3n) is 5.10. The van der Waals surface area contributed by atoms with Crippen LogP contribution in [0.4, 0.5) is 23.7 Å². The topological polar surface area (TPSA) is 87.7 Å². The molecule has 1 aromatic rings. The number of amides is 2. The van der Waals surface area contributed by atoms with Crippen LogP contribution in [0.1, 0.15) is 51.5 Å². The van der Waals surface area contributed by atoms with E-state index in [9.17, 15) is 27.6 Å². The normalized spacial score (nSPS) is 19.1. The lowest BCUT2D eigenvalue weighted by Crippen LogP contribution is -2.51. The molecule has 2 rings (SSSR count). The second-order valence-electron chi connectivity index (χ2n) is 8.84. The van der Waals surface area contributed by atoms with Crippen molar-refractivity contribution >= 4 is 24.0 Å². The molecule has 1 saturated heterocycles. The highest BCUT2D eigenvalue weighted by molar-refractivity contribution is 5.76. The van der Waals surface area contributed by atoms with E-state index in [1.54, 1.807) is 20.8 Å². The number of carbonyl (C=O) groups excluding carboxylic acids is 3. The number of rotatable bonds is 7. The van der Waals surface area contributed by atoms with Crippen LogP contribution >= 0.6 is 0 Å². The molecule has 1 fully saturated rings. The second kappa shape index (κ2) is 10.2. The van der Waals surface area contributed by atoms with Gasteiger partial charge in [-0.25, -0.2) is 18.0 Å². The van der Waals surface area contributed by atoms with Gasteiger partial charge >= 0.3 is 6.09 Å². The molecule has 2 N–H and O–H groups in total. The zero-order chi connectivity index (χ0) is 24.1. The molecule has 1 aromatic carbocycles. The standard InChI is InChI=1S/C22H30F3N3O4/c1-21(2,3)32-20(31)28-10-9-17(22(24,25)13-28)16-7-5-14(11-18(16)23)27-15(12-29)6-8-19(30)26-4/h5,7,11-12,15,17,27H,6,8-10,13H2,1-4H3,(H,26,30). The van der Waals surface area contributed by atoms with E-state index in [4.69, 9.17) is 4.74 Å². The lowest BCUT2D eigenvalue weighted by Gasteiger charge is -2.39. The number of anilines is 1. The zero-order valence-corrected chi connectivity index (χ0v) is 18.7. The van der Waals surface area contributed by atoms with Gasteiger partial charge in [0.05, 0.1) is 18.5 Å². The highest BCUT2D eigenvalue weighted by Crippen LogP contribution is 2.42. The number of hydrogen-bond acceptors (Lipinski definition) is 5. The van der Waals surface area contributed by atoms with Crippen LogP contribution in [-0.2, 0) is 14.3 Å². The van der Waals surface area contributed by atoms with Crippen LogP contribution in [-0.4, -0.2) is 60.9 Å². The molecule has 0 radical (unpaired) electrons. The zero-order valence-electron chi connectivity index (χ0n) is 18.7. The van der Waals surface area contributed by atoms with Crippen LogP contribution < -0.4 is 10.6 Å². The van der Waals surface area contributed by atoms with Crippen molar-refractivity contribution in [1.29, 1.82) is 0 Å². The third kappa shape index (κ3) is 6.86. The van der Waals surface area contributed by atoms with E-state index in [2.05, 4.69) is 10.6 Å². The summed E-state index contributed by atoms with van der Waals surface area (Å²) >= 11 is 0. The van der Waals surface area contributed by atoms with Crippen molar-refractivity contribution in [3.05, 3.63) is 29.6 Å². The Kier molecular flexibility index (Phi) is 8.14. The number of nitrogens with one attached hydrogen (secondary N) is 2. The van der Waals surface area contributed by atoms with Gasteiger partial charge in [0.1, 0.15) is 17.7 Å². The number of nitrogens with zero attached hydrogens (tertiary/aromatic N) is 1. The van der Waals surface area contributed by atoms with Crippen molar-refractivity contribution in [1.82, 2.24) is 10.2 Å². The van der Waals surface area contributed by atoms with Gasteiger partial charge in [0.15, 0.2) is 0 Å². The van der Waals surface area contributed by atoms with Crippen molar-refractivity contribution in [2.75, 3.05) is 25.5 Å². The molecule has 1 aliphatic rings. The third-order valence-corrected chi connectivity index (χ3v) is 5.10. The number of aldehydes is 1. The molecule has 1 aliphatic heterocycles. The number of alkyl halides is 2. The predicted octanol–water partition coefficient (Wildman–Crippen LogP) is 3.69. The molecule has 2 unspecified atom stereocenters. The monoisotopic (exact) mass is 457 g/mol. The molecular formula is C22H30F3N3O4. The number of carbonyl (C=O) groups is 3. The van der Waals surface area contributed by atoms with Crippen molar-refractivity contribution in [3.63, 3.8) is 0 Å². The molecule has 10 heteroatoms. The molecule has 2 atom stereocenters. The van der Waals surface area contributed by atoms with Crippen molar-refractivity contribution in [3.8, 4) is 0 Å². The summed E-state index contributed by atoms with van der Waals surface area (Å²) in [7, 11) is 1.48. The Balaban J connectivity index is 2.08. The smallest absolute Gasteiger partial charge is 0.410 e. The Morgan fingerprint density at radius 2 is 2.03 bits per heavy atom. The molecule has 178 valence electrons. The Morgan fingerprint density at radius 3 is 2.56 bits per heavy atom. The minimum Gasteiger partial charge on any atom is -0.444 e. The fourth-order valence-corrected chi connectivity index (χ4v) is 3.50. The summed E-state index contributed by atoms with van der Waals surface area (Å²) in [5.41, 5.74) is -0.718. The largest absolute Gasteiger partial charge is 0.444 e. The molecule has 0 aromatic heterocycles. The Morgan fingerprint density at radius 1 is 1.34 bits per heavy atom. The van der Waals surface area contributed by atoms with Gasteiger partial charge < -0.3 is 25.1 Å². The number of hydrogen-bond donors (Lipinski definition) is 2. The van der Waals surface area contributed by atoms with Gasteiger partial charge in [-0.15, -0.1) is 0 Å². The van der Waals surface area contributed by atoms with Gasteiger partial charge in [-0.2, -0.15) is 0 Å². The van der Waals surface area contributed by atoms with Crippen LogP contribution in [0.3, 0.4) is 0 Å². The molecule has 2 amide bonds. The summed E-state index contributed by atoms with van der Waals surface area (Å²) in [5, 5.41) is 5.24. The maximum Gasteiger partial charge on any atom is 0.410 e. The minimum absolute atomic E-state index is 0.0152. The van der Waals surface area contributed by atoms with E-state index in [1.165, 1.54) is 19.2 Å². The van der Waals surface area contributed by atoms with Gasteiger partial charge in [-0.1, -0.05) is 6.07 Å². The Hall–Kier alpha value is -2.78. The first kappa shape index (κ1) is 25.5. The summed E-state index contributed by atoms with van der Waals surface area (Å²) in [5.74, 6) is -5.81. The number of ether oxygens (including phenoxy) is 1. The summed E-state index contributed by atoms with van der Waals surface area (Å²) in [6, 6.07) is 3.02. The van der Waals surface area contributed by atoms with Crippen molar-refractivity contribution < 1.29 is 32.3 Å². The molecule has 0 bridgehead atoms. The predicted molar refractivity (Wildman–Crippen MR) is 113 cm³/mol. The average Bonchev–Trinajstić information content (AvgIpc) is 2.69. The number of piperidine rings is 1. The van der Waals surface area contributed by atoms with E-state index in [0.717, 1.165) is 11.0 Å². The first-order chi connectivity index (χ1) is 14.9. The number of halogens is 3. The molecule has 0 saturated carbocycles. The number of likely N-dealkylation sites (tertiary alicyclic amines) is 1. The summed E-state index contributed by atoms with van der Waals surface area (Å²) in [4.78, 5) is 35.6. The van der Waals surface area contributed by atoms with Gasteiger partial charge in [0.2, 0.25) is 5.91 Å². The first-order valence-corrected chi connectivity index (χ1v) is 10.4. The Labute approximate surface area is 185 Å². The fourth-order valence-electron chi connectivity index (χ4n) is 3.50. The molecule has 32 heavy (non-hydrogen) atoms. The van der Waals surface area contributed by atoms with E-state index in [1.807, 2.05) is 0 Å². The van der Waals surface area contributed by atoms with Crippen LogP contribution in [0.2, 0.25) is 0 Å². The number of benzene rings is 1. The quantitative estimate of drug-likeness (QED) is 0.610. The van der Waals surface area contributed by atoms with E-state index < -0.39 is 41.9 Å². The SMILES string of the molecule is CNC(=O)CCC(C=O)Nc1ccc(C2CCN(C(=O)OC(C)(C)C)CC2(F)F)c(F)c1. The highest BCUT2D eigenvalue weighted by Gasteiger charge is 2.48.